The van der Waals surface area contributed by atoms with Gasteiger partial charge in [-0.1, -0.05) is 12.2 Å². The van der Waals surface area contributed by atoms with Gasteiger partial charge in [-0.2, -0.15) is 0 Å². The summed E-state index contributed by atoms with van der Waals surface area (Å²) in [6.07, 6.45) is 16.3. The molecule has 2 atom stereocenters. The number of allylic oxidation sites excluding steroid dienone is 2. The number of rotatable bonds is 3. The fourth-order valence-corrected chi connectivity index (χ4v) is 5.28. The molecule has 4 rings (SSSR count). The molecule has 0 spiro atoms. The lowest BCUT2D eigenvalue weighted by atomic mass is 10.1. The van der Waals surface area contributed by atoms with E-state index in [-0.39, 0.29) is 18.0 Å². The molecule has 1 aliphatic carbocycles. The summed E-state index contributed by atoms with van der Waals surface area (Å²) < 4.78 is 11.8. The first kappa shape index (κ1) is 22.9. The van der Waals surface area contributed by atoms with Gasteiger partial charge in [-0.3, -0.25) is 4.79 Å². The number of amides is 1. The van der Waals surface area contributed by atoms with Crippen molar-refractivity contribution in [2.75, 3.05) is 19.3 Å². The number of nitrogens with zero attached hydrogens (tertiary/aromatic N) is 4. The van der Waals surface area contributed by atoms with Gasteiger partial charge in [0.2, 0.25) is 5.96 Å². The van der Waals surface area contributed by atoms with Crippen LogP contribution in [0.15, 0.2) is 39.2 Å². The second-order valence-electron chi connectivity index (χ2n) is 7.96. The third-order valence-corrected chi connectivity index (χ3v) is 7.50. The first-order valence-electron chi connectivity index (χ1n) is 10.8. The number of aromatic nitrogens is 1. The molecule has 0 aromatic carbocycles. The molecule has 170 valence electrons. The zero-order valence-corrected chi connectivity index (χ0v) is 19.7. The van der Waals surface area contributed by atoms with E-state index in [0.717, 1.165) is 34.7 Å². The molecule has 1 fully saturated rings. The van der Waals surface area contributed by atoms with Crippen molar-refractivity contribution in [1.29, 1.82) is 0 Å². The average molecular weight is 473 g/mol. The van der Waals surface area contributed by atoms with Gasteiger partial charge in [0.25, 0.3) is 5.91 Å². The van der Waals surface area contributed by atoms with Crippen LogP contribution >= 0.6 is 11.3 Å². The van der Waals surface area contributed by atoms with Crippen molar-refractivity contribution >= 4 is 46.7 Å². The van der Waals surface area contributed by atoms with Crippen LogP contribution in [0.5, 0.6) is 0 Å². The Balaban J connectivity index is 1.50. The number of carbonyl (C=O) groups excluding carboxylic acids is 1. The van der Waals surface area contributed by atoms with Crippen molar-refractivity contribution in [3.05, 3.63) is 44.8 Å². The van der Waals surface area contributed by atoms with Crippen LogP contribution in [0, 0.1) is 0 Å². The Morgan fingerprint density at radius 1 is 1.31 bits per heavy atom. The highest BCUT2D eigenvalue weighted by atomic mass is 32.2. The first-order chi connectivity index (χ1) is 15.5. The van der Waals surface area contributed by atoms with E-state index in [9.17, 15) is 9.35 Å². The average Bonchev–Trinajstić information content (AvgIpc) is 3.20. The summed E-state index contributed by atoms with van der Waals surface area (Å²) in [5, 5.41) is 3.83. The third-order valence-electron chi connectivity index (χ3n) is 5.52. The Kier molecular flexibility index (Phi) is 7.56. The normalized spacial score (nSPS) is 26.3. The van der Waals surface area contributed by atoms with Gasteiger partial charge in [0.05, 0.1) is 23.2 Å². The summed E-state index contributed by atoms with van der Waals surface area (Å²) in [4.78, 5) is 30.3. The van der Waals surface area contributed by atoms with E-state index in [4.69, 9.17) is 5.73 Å². The van der Waals surface area contributed by atoms with Crippen LogP contribution < -0.4 is 11.1 Å². The Bertz CT molecular complexity index is 987. The summed E-state index contributed by atoms with van der Waals surface area (Å²) in [6.45, 7) is 1.73. The highest BCUT2D eigenvalue weighted by Gasteiger charge is 2.25. The summed E-state index contributed by atoms with van der Waals surface area (Å²) in [6, 6.07) is 0.158. The van der Waals surface area contributed by atoms with Gasteiger partial charge in [-0.05, 0) is 48.7 Å². The number of likely N-dealkylation sites (tertiary alicyclic amines) is 1. The monoisotopic (exact) mass is 472 g/mol. The van der Waals surface area contributed by atoms with Crippen molar-refractivity contribution in [2.45, 2.75) is 44.3 Å². The van der Waals surface area contributed by atoms with Gasteiger partial charge in [-0.25, -0.2) is 15.0 Å². The first-order valence-corrected chi connectivity index (χ1v) is 13.1. The molecular weight excluding hydrogens is 444 g/mol. The van der Waals surface area contributed by atoms with Crippen LogP contribution in [0.3, 0.4) is 0 Å². The lowest BCUT2D eigenvalue weighted by Crippen LogP contribution is -2.42. The molecule has 3 N–H and O–H groups in total. The standard InChI is InChI=1S/C22H28N6O2S2/c1-32(30)17-6-4-5-16(13-17)26-22-24-10-3-2-7-18-19(14-25-22)31-20(27-18)21(29)28-11-8-15(23)9-12-28/h2,4,6-7,10,13,15-16H,3,5,8-9,11-12,14,23H2,1H3,(H,25,26)/b7-2-,24-10-/t16?,32-/m1/s1. The number of aliphatic imine (C=N–C) groups is 2. The lowest BCUT2D eigenvalue weighted by molar-refractivity contribution is 0.0714. The minimum absolute atomic E-state index is 0.0168. The van der Waals surface area contributed by atoms with Crippen molar-refractivity contribution in [2.24, 2.45) is 15.7 Å². The Morgan fingerprint density at radius 2 is 2.12 bits per heavy atom. The molecule has 0 bridgehead atoms. The number of hydrogen-bond acceptors (Lipinski definition) is 8. The predicted octanol–water partition coefficient (Wildman–Crippen LogP) is 2.23. The minimum Gasteiger partial charge on any atom is -0.612 e. The molecule has 1 unspecified atom stereocenters. The summed E-state index contributed by atoms with van der Waals surface area (Å²) >= 11 is 0.365. The fraction of sp³-hybridized carbons (Fsp3) is 0.455. The van der Waals surface area contributed by atoms with E-state index in [0.29, 0.717) is 37.0 Å². The Hall–Kier alpha value is -2.27. The van der Waals surface area contributed by atoms with Gasteiger partial charge >= 0.3 is 0 Å². The van der Waals surface area contributed by atoms with E-state index in [2.05, 4.69) is 20.3 Å². The molecule has 3 heterocycles. The van der Waals surface area contributed by atoms with Crippen LogP contribution in [0.2, 0.25) is 0 Å². The van der Waals surface area contributed by atoms with Gasteiger partial charge in [0, 0.05) is 31.8 Å². The maximum Gasteiger partial charge on any atom is 0.282 e. The van der Waals surface area contributed by atoms with E-state index in [1.807, 2.05) is 35.3 Å². The quantitative estimate of drug-likeness (QED) is 0.654. The third kappa shape index (κ3) is 5.74. The zero-order valence-electron chi connectivity index (χ0n) is 18.1. The van der Waals surface area contributed by atoms with E-state index in [1.54, 1.807) is 12.5 Å². The molecule has 1 saturated heterocycles. The van der Waals surface area contributed by atoms with Gasteiger partial charge < -0.3 is 20.5 Å². The van der Waals surface area contributed by atoms with Crippen molar-refractivity contribution in [1.82, 2.24) is 15.2 Å². The van der Waals surface area contributed by atoms with Crippen molar-refractivity contribution < 1.29 is 9.35 Å². The van der Waals surface area contributed by atoms with Gasteiger partial charge in [-0.15, -0.1) is 11.3 Å². The second kappa shape index (κ2) is 10.6. The van der Waals surface area contributed by atoms with E-state index in [1.165, 1.54) is 11.3 Å². The maximum atomic E-state index is 12.9. The summed E-state index contributed by atoms with van der Waals surface area (Å²) in [7, 11) is 0. The second-order valence-corrected chi connectivity index (χ2v) is 10.4. The van der Waals surface area contributed by atoms with Crippen molar-refractivity contribution in [3.63, 3.8) is 0 Å². The lowest BCUT2D eigenvalue weighted by Gasteiger charge is -2.29. The summed E-state index contributed by atoms with van der Waals surface area (Å²) in [5.41, 5.74) is 6.75. The Morgan fingerprint density at radius 3 is 2.91 bits per heavy atom. The van der Waals surface area contributed by atoms with Crippen LogP contribution in [-0.4, -0.2) is 63.9 Å². The predicted molar refractivity (Wildman–Crippen MR) is 131 cm³/mol. The highest BCUT2D eigenvalue weighted by molar-refractivity contribution is 7.94. The molecular formula is C22H28N6O2S2. The Labute approximate surface area is 195 Å². The molecule has 0 saturated carbocycles. The van der Waals surface area contributed by atoms with Gasteiger partial charge in [0.15, 0.2) is 5.01 Å². The number of nitrogens with one attached hydrogen (secondary N) is 1. The number of guanidine groups is 1. The molecule has 32 heavy (non-hydrogen) atoms. The summed E-state index contributed by atoms with van der Waals surface area (Å²) in [5.74, 6) is 0.491. The topological polar surface area (TPSA) is 119 Å². The maximum absolute atomic E-state index is 12.9. The number of carbonyl (C=O) groups is 1. The van der Waals surface area contributed by atoms with Gasteiger partial charge in [0.1, 0.15) is 11.2 Å². The number of piperidine rings is 1. The van der Waals surface area contributed by atoms with E-state index >= 15 is 0 Å². The van der Waals surface area contributed by atoms with Crippen LogP contribution in [-0.2, 0) is 17.7 Å². The van der Waals surface area contributed by atoms with E-state index < -0.39 is 11.2 Å². The van der Waals surface area contributed by atoms with Crippen LogP contribution in [0.4, 0.5) is 0 Å². The highest BCUT2D eigenvalue weighted by Crippen LogP contribution is 2.24. The molecule has 1 aromatic heterocycles. The molecule has 3 aliphatic rings. The fourth-order valence-electron chi connectivity index (χ4n) is 3.70. The molecule has 10 heteroatoms. The molecule has 0 radical (unpaired) electrons. The SMILES string of the molecule is C[S@@+]([O-])C1=CC(NC2=N/Cc3sc(C(=O)N4CCC(N)CC4)nc3/C=C\C/C=N\2)CC=C1. The number of nitrogens with two attached hydrogens (primary N) is 1. The molecule has 8 nitrogen and oxygen atoms in total. The molecule has 2 aliphatic heterocycles. The van der Waals surface area contributed by atoms with Crippen LogP contribution in [0.1, 0.15) is 46.1 Å². The molecule has 1 amide bonds. The molecule has 1 aromatic rings. The minimum atomic E-state index is -1.03. The number of hydrogen-bond donors (Lipinski definition) is 2. The zero-order chi connectivity index (χ0) is 22.5. The smallest absolute Gasteiger partial charge is 0.282 e. The number of thiazole rings is 1. The largest absolute Gasteiger partial charge is 0.612 e. The van der Waals surface area contributed by atoms with Crippen molar-refractivity contribution in [3.8, 4) is 0 Å². The van der Waals surface area contributed by atoms with Crippen LogP contribution in [0.25, 0.3) is 6.08 Å². The number of fused-ring (bicyclic) bond motifs is 1.